The molecule has 2 aromatic rings. The van der Waals surface area contributed by atoms with Gasteiger partial charge in [0.15, 0.2) is 0 Å². The molecule has 4 nitrogen and oxygen atoms in total. The van der Waals surface area contributed by atoms with Crippen molar-refractivity contribution in [2.24, 2.45) is 0 Å². The zero-order valence-electron chi connectivity index (χ0n) is 19.9. The molecule has 0 aliphatic heterocycles. The molecule has 2 aromatic carbocycles. The van der Waals surface area contributed by atoms with E-state index in [1.165, 1.54) is 37.8 Å². The van der Waals surface area contributed by atoms with Gasteiger partial charge in [-0.15, -0.1) is 0 Å². The van der Waals surface area contributed by atoms with Crippen molar-refractivity contribution >= 4 is 17.5 Å². The van der Waals surface area contributed by atoms with E-state index in [-0.39, 0.29) is 24.8 Å². The summed E-state index contributed by atoms with van der Waals surface area (Å²) in [6.45, 7) is 2.85. The summed E-state index contributed by atoms with van der Waals surface area (Å²) in [5, 5.41) is 2.61. The van der Waals surface area contributed by atoms with Gasteiger partial charge in [0.25, 0.3) is 0 Å². The molecule has 0 spiro atoms. The van der Waals surface area contributed by atoms with Gasteiger partial charge < -0.3 is 10.2 Å². The topological polar surface area (TPSA) is 49.4 Å². The van der Waals surface area contributed by atoms with Crippen LogP contribution in [0, 0.1) is 0 Å². The zero-order chi connectivity index (χ0) is 24.8. The molecule has 0 aliphatic carbocycles. The van der Waals surface area contributed by atoms with Crippen molar-refractivity contribution in [2.45, 2.75) is 77.4 Å². The van der Waals surface area contributed by atoms with Crippen LogP contribution >= 0.6 is 0 Å². The number of hydrogen-bond donors (Lipinski definition) is 1. The fourth-order valence-electron chi connectivity index (χ4n) is 3.69. The van der Waals surface area contributed by atoms with Crippen molar-refractivity contribution in [1.82, 2.24) is 4.90 Å². The lowest BCUT2D eigenvalue weighted by Crippen LogP contribution is -2.33. The third-order valence-electron chi connectivity index (χ3n) is 5.67. The van der Waals surface area contributed by atoms with Crippen molar-refractivity contribution in [3.63, 3.8) is 0 Å². The molecule has 0 heterocycles. The fourth-order valence-corrected chi connectivity index (χ4v) is 3.69. The lowest BCUT2D eigenvalue weighted by atomic mass is 10.1. The first-order valence-electron chi connectivity index (χ1n) is 12.1. The van der Waals surface area contributed by atoms with E-state index in [1.54, 1.807) is 4.90 Å². The molecule has 2 amide bonds. The minimum Gasteiger partial charge on any atom is -0.338 e. The van der Waals surface area contributed by atoms with E-state index in [2.05, 4.69) is 12.2 Å². The van der Waals surface area contributed by atoms with E-state index in [1.807, 2.05) is 30.3 Å². The predicted molar refractivity (Wildman–Crippen MR) is 129 cm³/mol. The average Bonchev–Trinajstić information content (AvgIpc) is 2.81. The minimum absolute atomic E-state index is 0.0136. The first-order valence-corrected chi connectivity index (χ1v) is 12.1. The van der Waals surface area contributed by atoms with Crippen molar-refractivity contribution < 1.29 is 22.8 Å². The van der Waals surface area contributed by atoms with Crippen LogP contribution in [0.1, 0.15) is 75.8 Å². The van der Waals surface area contributed by atoms with Crippen LogP contribution in [0.15, 0.2) is 54.6 Å². The van der Waals surface area contributed by atoms with Crippen molar-refractivity contribution in [1.29, 1.82) is 0 Å². The molecule has 0 aliphatic rings. The Labute approximate surface area is 200 Å². The minimum atomic E-state index is -4.42. The number of nitrogens with zero attached hydrogens (tertiary/aromatic N) is 1. The van der Waals surface area contributed by atoms with Crippen LogP contribution in [0.4, 0.5) is 18.9 Å². The van der Waals surface area contributed by atoms with Crippen molar-refractivity contribution in [3.05, 3.63) is 65.7 Å². The SMILES string of the molecule is CCCCCCCCCC(=O)N(CCC(=O)Nc1ccc(C(F)(F)F)cc1)Cc1ccccc1. The van der Waals surface area contributed by atoms with Crippen molar-refractivity contribution in [3.8, 4) is 0 Å². The van der Waals surface area contributed by atoms with Crippen molar-refractivity contribution in [2.75, 3.05) is 11.9 Å². The van der Waals surface area contributed by atoms with Gasteiger partial charge in [0.05, 0.1) is 5.56 Å². The Morgan fingerprint density at radius 2 is 1.44 bits per heavy atom. The van der Waals surface area contributed by atoms with Crippen LogP contribution in [0.5, 0.6) is 0 Å². The highest BCUT2D eigenvalue weighted by molar-refractivity contribution is 5.91. The Morgan fingerprint density at radius 1 is 0.824 bits per heavy atom. The monoisotopic (exact) mass is 476 g/mol. The van der Waals surface area contributed by atoms with E-state index < -0.39 is 11.7 Å². The third kappa shape index (κ3) is 10.4. The highest BCUT2D eigenvalue weighted by Crippen LogP contribution is 2.29. The average molecular weight is 477 g/mol. The summed E-state index contributed by atoms with van der Waals surface area (Å²) < 4.78 is 38.1. The van der Waals surface area contributed by atoms with Gasteiger partial charge in [-0.3, -0.25) is 9.59 Å². The van der Waals surface area contributed by atoms with E-state index in [9.17, 15) is 22.8 Å². The number of amides is 2. The zero-order valence-corrected chi connectivity index (χ0v) is 19.9. The Kier molecular flexibility index (Phi) is 11.6. The van der Waals surface area contributed by atoms with Crippen LogP contribution < -0.4 is 5.32 Å². The number of halogens is 3. The van der Waals surface area contributed by atoms with Gasteiger partial charge in [0.2, 0.25) is 11.8 Å². The molecule has 0 saturated carbocycles. The quantitative estimate of drug-likeness (QED) is 0.293. The summed E-state index contributed by atoms with van der Waals surface area (Å²) in [6, 6.07) is 13.9. The summed E-state index contributed by atoms with van der Waals surface area (Å²) in [5.41, 5.74) is 0.510. The molecule has 0 aromatic heterocycles. The first kappa shape index (κ1) is 27.4. The second kappa shape index (κ2) is 14.4. The van der Waals surface area contributed by atoms with Crippen LogP contribution in [0.3, 0.4) is 0 Å². The van der Waals surface area contributed by atoms with Crippen LogP contribution in [-0.4, -0.2) is 23.3 Å². The van der Waals surface area contributed by atoms with Gasteiger partial charge in [0.1, 0.15) is 0 Å². The maximum Gasteiger partial charge on any atom is 0.416 e. The van der Waals surface area contributed by atoms with Gasteiger partial charge in [-0.2, -0.15) is 13.2 Å². The maximum absolute atomic E-state index is 12.9. The highest BCUT2D eigenvalue weighted by atomic mass is 19.4. The molecule has 1 N–H and O–H groups in total. The maximum atomic E-state index is 12.9. The van der Waals surface area contributed by atoms with E-state index in [0.717, 1.165) is 37.0 Å². The Morgan fingerprint density at radius 3 is 2.06 bits per heavy atom. The lowest BCUT2D eigenvalue weighted by Gasteiger charge is -2.23. The Bertz CT molecular complexity index is 868. The van der Waals surface area contributed by atoms with Crippen LogP contribution in [-0.2, 0) is 22.3 Å². The summed E-state index contributed by atoms with van der Waals surface area (Å²) in [4.78, 5) is 27.0. The molecule has 0 atom stereocenters. The summed E-state index contributed by atoms with van der Waals surface area (Å²) in [6.07, 6.45) is 3.95. The number of hydrogen-bond acceptors (Lipinski definition) is 2. The number of carbonyl (C=O) groups is 2. The molecule has 34 heavy (non-hydrogen) atoms. The molecule has 0 unspecified atom stereocenters. The summed E-state index contributed by atoms with van der Waals surface area (Å²) >= 11 is 0. The predicted octanol–water partition coefficient (Wildman–Crippen LogP) is 7.20. The van der Waals surface area contributed by atoms with E-state index >= 15 is 0 Å². The molecule has 0 fully saturated rings. The number of unbranched alkanes of at least 4 members (excludes halogenated alkanes) is 6. The second-order valence-electron chi connectivity index (χ2n) is 8.55. The molecule has 186 valence electrons. The lowest BCUT2D eigenvalue weighted by molar-refractivity contribution is -0.137. The Hall–Kier alpha value is -2.83. The normalized spacial score (nSPS) is 11.3. The van der Waals surface area contributed by atoms with Crippen LogP contribution in [0.2, 0.25) is 0 Å². The molecular weight excluding hydrogens is 441 g/mol. The van der Waals surface area contributed by atoms with Crippen LogP contribution in [0.25, 0.3) is 0 Å². The van der Waals surface area contributed by atoms with Gasteiger partial charge in [-0.05, 0) is 36.2 Å². The van der Waals surface area contributed by atoms with E-state index in [0.29, 0.717) is 18.7 Å². The first-order chi connectivity index (χ1) is 16.3. The summed E-state index contributed by atoms with van der Waals surface area (Å²) in [7, 11) is 0. The molecule has 7 heteroatoms. The summed E-state index contributed by atoms with van der Waals surface area (Å²) in [5.74, 6) is -0.332. The largest absolute Gasteiger partial charge is 0.416 e. The number of carbonyl (C=O) groups excluding carboxylic acids is 2. The molecule has 2 rings (SSSR count). The number of alkyl halides is 3. The third-order valence-corrected chi connectivity index (χ3v) is 5.67. The van der Waals surface area contributed by atoms with Gasteiger partial charge >= 0.3 is 6.18 Å². The number of nitrogens with one attached hydrogen (secondary N) is 1. The molecule has 0 bridgehead atoms. The molecule has 0 saturated heterocycles. The van der Waals surface area contributed by atoms with Gasteiger partial charge in [-0.1, -0.05) is 75.8 Å². The number of rotatable bonds is 14. The van der Waals surface area contributed by atoms with Gasteiger partial charge in [-0.25, -0.2) is 0 Å². The molecular formula is C27H35F3N2O2. The Balaban J connectivity index is 1.86. The second-order valence-corrected chi connectivity index (χ2v) is 8.55. The van der Waals surface area contributed by atoms with Gasteiger partial charge in [0, 0.05) is 31.6 Å². The number of benzene rings is 2. The number of anilines is 1. The smallest absolute Gasteiger partial charge is 0.338 e. The fraction of sp³-hybridized carbons (Fsp3) is 0.481. The molecule has 0 radical (unpaired) electrons. The standard InChI is InChI=1S/C27H35F3N2O2/c1-2-3-4-5-6-7-11-14-26(34)32(21-22-12-9-8-10-13-22)20-19-25(33)31-24-17-15-23(16-18-24)27(28,29)30/h8-10,12-13,15-18H,2-7,11,14,19-21H2,1H3,(H,31,33). The highest BCUT2D eigenvalue weighted by Gasteiger charge is 2.30. The van der Waals surface area contributed by atoms with E-state index in [4.69, 9.17) is 0 Å².